The van der Waals surface area contributed by atoms with Gasteiger partial charge in [0.25, 0.3) is 5.91 Å². The molecule has 0 aliphatic rings. The minimum absolute atomic E-state index is 0.215. The second-order valence-corrected chi connectivity index (χ2v) is 5.89. The highest BCUT2D eigenvalue weighted by Crippen LogP contribution is 2.34. The Hall–Kier alpha value is -3.67. The summed E-state index contributed by atoms with van der Waals surface area (Å²) in [5.41, 5.74) is 2.67. The minimum Gasteiger partial charge on any atom is -0.497 e. The van der Waals surface area contributed by atoms with Crippen molar-refractivity contribution in [3.05, 3.63) is 72.6 Å². The summed E-state index contributed by atoms with van der Waals surface area (Å²) in [5.74, 6) is 1.09. The van der Waals surface area contributed by atoms with E-state index in [1.807, 2.05) is 36.4 Å². The summed E-state index contributed by atoms with van der Waals surface area (Å²) in [6, 6.07) is 16.5. The molecule has 0 radical (unpaired) electrons. The van der Waals surface area contributed by atoms with Gasteiger partial charge < -0.3 is 9.47 Å². The van der Waals surface area contributed by atoms with Crippen LogP contribution in [0, 0.1) is 0 Å². The van der Waals surface area contributed by atoms with Crippen LogP contribution in [-0.4, -0.2) is 34.9 Å². The van der Waals surface area contributed by atoms with E-state index < -0.39 is 0 Å². The summed E-state index contributed by atoms with van der Waals surface area (Å²) in [4.78, 5) is 17.7. The number of hydrogen-bond donors (Lipinski definition) is 0. The monoisotopic (exact) mass is 359 g/mol. The zero-order chi connectivity index (χ0) is 18.8. The fourth-order valence-corrected chi connectivity index (χ4v) is 3.01. The number of rotatable bonds is 4. The van der Waals surface area contributed by atoms with Gasteiger partial charge in [0.2, 0.25) is 0 Å². The first-order valence-corrected chi connectivity index (χ1v) is 8.38. The molecule has 0 bridgehead atoms. The van der Waals surface area contributed by atoms with Gasteiger partial charge in [-0.3, -0.25) is 4.79 Å². The van der Waals surface area contributed by atoms with Crippen molar-refractivity contribution in [1.29, 1.82) is 0 Å². The van der Waals surface area contributed by atoms with Crippen molar-refractivity contribution in [2.45, 2.75) is 0 Å². The van der Waals surface area contributed by atoms with Crippen LogP contribution in [0.1, 0.15) is 10.4 Å². The average molecular weight is 359 g/mol. The molecule has 6 heteroatoms. The normalized spacial score (nSPS) is 10.7. The third-order valence-corrected chi connectivity index (χ3v) is 4.34. The molecule has 0 N–H and O–H groups in total. The van der Waals surface area contributed by atoms with Crippen LogP contribution >= 0.6 is 0 Å². The third kappa shape index (κ3) is 3.01. The molecule has 0 spiro atoms. The van der Waals surface area contributed by atoms with Crippen LogP contribution in [0.25, 0.3) is 22.2 Å². The number of para-hydroxylation sites is 1. The fourth-order valence-electron chi connectivity index (χ4n) is 3.01. The molecule has 0 amide bonds. The lowest BCUT2D eigenvalue weighted by molar-refractivity contribution is 0.0946. The summed E-state index contributed by atoms with van der Waals surface area (Å²) >= 11 is 0. The summed E-state index contributed by atoms with van der Waals surface area (Å²) < 4.78 is 12.1. The second kappa shape index (κ2) is 6.92. The molecule has 2 aromatic carbocycles. The molecule has 0 saturated carbocycles. The van der Waals surface area contributed by atoms with E-state index in [0.29, 0.717) is 22.8 Å². The number of carbonyl (C=O) groups excluding carboxylic acids is 1. The molecule has 0 aliphatic heterocycles. The summed E-state index contributed by atoms with van der Waals surface area (Å²) in [6.45, 7) is 0. The predicted octanol–water partition coefficient (Wildman–Crippen LogP) is 3.80. The Morgan fingerprint density at radius 3 is 2.59 bits per heavy atom. The molecule has 2 heterocycles. The number of pyridine rings is 1. The Kier molecular flexibility index (Phi) is 4.30. The first kappa shape index (κ1) is 16.8. The first-order chi connectivity index (χ1) is 13.2. The Labute approximate surface area is 156 Å². The van der Waals surface area contributed by atoms with E-state index in [2.05, 4.69) is 5.10 Å². The third-order valence-electron chi connectivity index (χ3n) is 4.34. The average Bonchev–Trinajstić information content (AvgIpc) is 3.26. The number of carbonyl (C=O) groups is 1. The Morgan fingerprint density at radius 1 is 1.00 bits per heavy atom. The highest BCUT2D eigenvalue weighted by Gasteiger charge is 2.17. The number of ether oxygens (including phenoxy) is 2. The van der Waals surface area contributed by atoms with Crippen LogP contribution < -0.4 is 9.47 Å². The molecule has 0 atom stereocenters. The molecule has 4 aromatic rings. The minimum atomic E-state index is -0.215. The van der Waals surface area contributed by atoms with Gasteiger partial charge in [0.05, 0.1) is 31.0 Å². The molecule has 0 unspecified atom stereocenters. The van der Waals surface area contributed by atoms with Crippen LogP contribution in [0.3, 0.4) is 0 Å². The molecule has 4 rings (SSSR count). The van der Waals surface area contributed by atoms with E-state index >= 15 is 0 Å². The Bertz CT molecular complexity index is 1120. The number of fused-ring (bicyclic) bond motifs is 1. The smallest absolute Gasteiger partial charge is 0.278 e. The number of nitrogens with zero attached hydrogens (tertiary/aromatic N) is 3. The lowest BCUT2D eigenvalue weighted by Gasteiger charge is -2.13. The molecular weight excluding hydrogens is 342 g/mol. The lowest BCUT2D eigenvalue weighted by Crippen LogP contribution is -2.13. The molecule has 0 aliphatic carbocycles. The first-order valence-electron chi connectivity index (χ1n) is 8.38. The maximum absolute atomic E-state index is 13.0. The van der Waals surface area contributed by atoms with Crippen LogP contribution in [0.5, 0.6) is 11.5 Å². The fraction of sp³-hybridized carbons (Fsp3) is 0.0952. The maximum atomic E-state index is 13.0. The SMILES string of the molecule is COc1ccc(-c2cc(C(=O)n3cccn3)c3ccccc3n2)c(OC)c1. The van der Waals surface area contributed by atoms with Crippen molar-refractivity contribution in [3.63, 3.8) is 0 Å². The summed E-state index contributed by atoms with van der Waals surface area (Å²) in [7, 11) is 3.19. The number of benzene rings is 2. The van der Waals surface area contributed by atoms with Crippen molar-refractivity contribution in [1.82, 2.24) is 14.8 Å². The largest absolute Gasteiger partial charge is 0.497 e. The van der Waals surface area contributed by atoms with E-state index in [1.165, 1.54) is 4.68 Å². The highest BCUT2D eigenvalue weighted by molar-refractivity contribution is 6.07. The standard InChI is InChI=1S/C21H17N3O3/c1-26-14-8-9-16(20(12-14)27-2)19-13-17(21(25)24-11-5-10-22-24)15-6-3-4-7-18(15)23-19/h3-13H,1-2H3. The van der Waals surface area contributed by atoms with Crippen molar-refractivity contribution in [2.24, 2.45) is 0 Å². The highest BCUT2D eigenvalue weighted by atomic mass is 16.5. The summed E-state index contributed by atoms with van der Waals surface area (Å²) in [6.07, 6.45) is 3.21. The lowest BCUT2D eigenvalue weighted by atomic mass is 10.0. The van der Waals surface area contributed by atoms with E-state index in [0.717, 1.165) is 16.5 Å². The zero-order valence-electron chi connectivity index (χ0n) is 14.9. The van der Waals surface area contributed by atoms with E-state index in [9.17, 15) is 4.79 Å². The molecule has 0 fully saturated rings. The van der Waals surface area contributed by atoms with Crippen molar-refractivity contribution >= 4 is 16.8 Å². The molecule has 134 valence electrons. The van der Waals surface area contributed by atoms with Crippen LogP contribution in [0.15, 0.2) is 67.0 Å². The summed E-state index contributed by atoms with van der Waals surface area (Å²) in [5, 5.41) is 4.84. The van der Waals surface area contributed by atoms with Crippen LogP contribution in [-0.2, 0) is 0 Å². The number of hydrogen-bond acceptors (Lipinski definition) is 5. The van der Waals surface area contributed by atoms with Gasteiger partial charge in [0.15, 0.2) is 0 Å². The van der Waals surface area contributed by atoms with E-state index in [1.54, 1.807) is 44.8 Å². The number of aromatic nitrogens is 3. The Morgan fingerprint density at radius 2 is 1.85 bits per heavy atom. The molecule has 27 heavy (non-hydrogen) atoms. The van der Waals surface area contributed by atoms with Crippen molar-refractivity contribution in [2.75, 3.05) is 14.2 Å². The Balaban J connectivity index is 1.94. The van der Waals surface area contributed by atoms with Gasteiger partial charge >= 0.3 is 0 Å². The van der Waals surface area contributed by atoms with Crippen molar-refractivity contribution < 1.29 is 14.3 Å². The van der Waals surface area contributed by atoms with E-state index in [4.69, 9.17) is 14.5 Å². The van der Waals surface area contributed by atoms with Crippen LogP contribution in [0.4, 0.5) is 0 Å². The van der Waals surface area contributed by atoms with Crippen molar-refractivity contribution in [3.8, 4) is 22.8 Å². The van der Waals surface area contributed by atoms with Gasteiger partial charge in [0.1, 0.15) is 11.5 Å². The molecule has 0 saturated heterocycles. The van der Waals surface area contributed by atoms with E-state index in [-0.39, 0.29) is 5.91 Å². The van der Waals surface area contributed by atoms with Gasteiger partial charge in [0, 0.05) is 29.4 Å². The molecular formula is C21H17N3O3. The van der Waals surface area contributed by atoms with Gasteiger partial charge in [-0.1, -0.05) is 18.2 Å². The quantitative estimate of drug-likeness (QED) is 0.554. The van der Waals surface area contributed by atoms with Gasteiger partial charge in [-0.25, -0.2) is 9.67 Å². The van der Waals surface area contributed by atoms with Crippen LogP contribution in [0.2, 0.25) is 0 Å². The zero-order valence-corrected chi connectivity index (χ0v) is 14.9. The molecule has 2 aromatic heterocycles. The van der Waals surface area contributed by atoms with Gasteiger partial charge in [-0.05, 0) is 30.3 Å². The number of methoxy groups -OCH3 is 2. The predicted molar refractivity (Wildman–Crippen MR) is 102 cm³/mol. The van der Waals surface area contributed by atoms with Gasteiger partial charge in [-0.15, -0.1) is 0 Å². The topological polar surface area (TPSA) is 66.2 Å². The molecule has 6 nitrogen and oxygen atoms in total. The second-order valence-electron chi connectivity index (χ2n) is 5.89. The van der Waals surface area contributed by atoms with Gasteiger partial charge in [-0.2, -0.15) is 5.10 Å². The maximum Gasteiger partial charge on any atom is 0.278 e.